The third kappa shape index (κ3) is 1.35. The van der Waals surface area contributed by atoms with Gasteiger partial charge in [-0.15, -0.1) is 0 Å². The first-order valence-electron chi connectivity index (χ1n) is 4.73. The van der Waals surface area contributed by atoms with Gasteiger partial charge in [-0.25, -0.2) is 0 Å². The lowest BCUT2D eigenvalue weighted by molar-refractivity contribution is 0.665. The first-order valence-corrected chi connectivity index (χ1v) is 4.73. The van der Waals surface area contributed by atoms with Crippen molar-refractivity contribution in [2.45, 2.75) is 20.3 Å². The van der Waals surface area contributed by atoms with Crippen molar-refractivity contribution >= 4 is 5.69 Å². The van der Waals surface area contributed by atoms with E-state index in [1.807, 2.05) is 0 Å². The van der Waals surface area contributed by atoms with Gasteiger partial charge in [0.05, 0.1) is 0 Å². The van der Waals surface area contributed by atoms with Crippen LogP contribution in [0.15, 0.2) is 30.5 Å². The van der Waals surface area contributed by atoms with Crippen LogP contribution in [0, 0.1) is 12.8 Å². The van der Waals surface area contributed by atoms with E-state index in [9.17, 15) is 0 Å². The SMILES string of the molecule is C=C1Nc2cccc(C)c2CC1C. The van der Waals surface area contributed by atoms with Crippen molar-refractivity contribution in [3.63, 3.8) is 0 Å². The fourth-order valence-corrected chi connectivity index (χ4v) is 1.82. The monoisotopic (exact) mass is 173 g/mol. The predicted octanol–water partition coefficient (Wildman–Crippen LogP) is 3.11. The Morgan fingerprint density at radius 2 is 2.23 bits per heavy atom. The van der Waals surface area contributed by atoms with E-state index in [1.165, 1.54) is 16.8 Å². The Morgan fingerprint density at radius 3 is 3.00 bits per heavy atom. The van der Waals surface area contributed by atoms with Gasteiger partial charge in [0.25, 0.3) is 0 Å². The summed E-state index contributed by atoms with van der Waals surface area (Å²) >= 11 is 0. The highest BCUT2D eigenvalue weighted by Crippen LogP contribution is 2.31. The summed E-state index contributed by atoms with van der Waals surface area (Å²) < 4.78 is 0. The summed E-state index contributed by atoms with van der Waals surface area (Å²) in [6.45, 7) is 8.39. The Bertz CT molecular complexity index is 352. The molecule has 2 rings (SSSR count). The maximum Gasteiger partial charge on any atom is 0.0417 e. The number of hydrogen-bond acceptors (Lipinski definition) is 1. The topological polar surface area (TPSA) is 12.0 Å². The van der Waals surface area contributed by atoms with E-state index in [1.54, 1.807) is 0 Å². The minimum Gasteiger partial charge on any atom is -0.359 e. The second kappa shape index (κ2) is 2.91. The summed E-state index contributed by atoms with van der Waals surface area (Å²) in [5.41, 5.74) is 5.20. The fourth-order valence-electron chi connectivity index (χ4n) is 1.82. The third-order valence-corrected chi connectivity index (χ3v) is 2.81. The van der Waals surface area contributed by atoms with Crippen molar-refractivity contribution in [1.82, 2.24) is 0 Å². The Kier molecular flexibility index (Phi) is 1.87. The summed E-state index contributed by atoms with van der Waals surface area (Å²) in [5, 5.41) is 3.36. The highest BCUT2D eigenvalue weighted by Gasteiger charge is 2.18. The molecule has 1 unspecified atom stereocenters. The minimum atomic E-state index is 0.550. The van der Waals surface area contributed by atoms with E-state index in [0.29, 0.717) is 5.92 Å². The summed E-state index contributed by atoms with van der Waals surface area (Å²) in [7, 11) is 0. The van der Waals surface area contributed by atoms with E-state index in [2.05, 4.69) is 43.9 Å². The molecule has 68 valence electrons. The van der Waals surface area contributed by atoms with Crippen LogP contribution in [0.2, 0.25) is 0 Å². The maximum atomic E-state index is 4.01. The van der Waals surface area contributed by atoms with Gasteiger partial charge < -0.3 is 5.32 Å². The molecule has 1 N–H and O–H groups in total. The molecule has 13 heavy (non-hydrogen) atoms. The van der Waals surface area contributed by atoms with E-state index in [0.717, 1.165) is 12.1 Å². The number of hydrogen-bond donors (Lipinski definition) is 1. The third-order valence-electron chi connectivity index (χ3n) is 2.81. The van der Waals surface area contributed by atoms with Crippen LogP contribution in [0.5, 0.6) is 0 Å². The van der Waals surface area contributed by atoms with Gasteiger partial charge >= 0.3 is 0 Å². The molecule has 0 bridgehead atoms. The number of anilines is 1. The van der Waals surface area contributed by atoms with E-state index in [4.69, 9.17) is 0 Å². The average molecular weight is 173 g/mol. The molecule has 1 heterocycles. The second-order valence-corrected chi connectivity index (χ2v) is 3.86. The molecule has 0 fully saturated rings. The van der Waals surface area contributed by atoms with E-state index < -0.39 is 0 Å². The molecule has 1 heteroatoms. The number of allylic oxidation sites excluding steroid dienone is 1. The molecule has 0 aliphatic carbocycles. The molecule has 1 aromatic rings. The van der Waals surface area contributed by atoms with Crippen LogP contribution in [0.3, 0.4) is 0 Å². The van der Waals surface area contributed by atoms with Gasteiger partial charge in [0.2, 0.25) is 0 Å². The molecule has 0 saturated heterocycles. The smallest absolute Gasteiger partial charge is 0.0417 e. The van der Waals surface area contributed by atoms with E-state index >= 15 is 0 Å². The molecule has 1 aliphatic heterocycles. The largest absolute Gasteiger partial charge is 0.359 e. The van der Waals surface area contributed by atoms with Crippen molar-refractivity contribution in [3.05, 3.63) is 41.6 Å². The van der Waals surface area contributed by atoms with Crippen molar-refractivity contribution in [2.24, 2.45) is 5.92 Å². The van der Waals surface area contributed by atoms with Crippen LogP contribution in [-0.2, 0) is 6.42 Å². The zero-order chi connectivity index (χ0) is 9.42. The summed E-state index contributed by atoms with van der Waals surface area (Å²) in [5.74, 6) is 0.550. The van der Waals surface area contributed by atoms with Gasteiger partial charge in [-0.1, -0.05) is 25.6 Å². The molecule has 1 aromatic carbocycles. The van der Waals surface area contributed by atoms with Crippen LogP contribution in [0.25, 0.3) is 0 Å². The summed E-state index contributed by atoms with van der Waals surface area (Å²) in [6, 6.07) is 6.38. The zero-order valence-corrected chi connectivity index (χ0v) is 8.22. The lowest BCUT2D eigenvalue weighted by atomic mass is 9.90. The zero-order valence-electron chi connectivity index (χ0n) is 8.22. The highest BCUT2D eigenvalue weighted by atomic mass is 14.9. The fraction of sp³-hybridized carbons (Fsp3) is 0.333. The number of fused-ring (bicyclic) bond motifs is 1. The Labute approximate surface area is 79.5 Å². The van der Waals surface area contributed by atoms with Crippen molar-refractivity contribution in [3.8, 4) is 0 Å². The molecule has 0 aromatic heterocycles. The van der Waals surface area contributed by atoms with Gasteiger partial charge in [-0.2, -0.15) is 0 Å². The average Bonchev–Trinajstić information content (AvgIpc) is 2.09. The first-order chi connectivity index (χ1) is 6.18. The Morgan fingerprint density at radius 1 is 1.46 bits per heavy atom. The van der Waals surface area contributed by atoms with Crippen LogP contribution < -0.4 is 5.32 Å². The van der Waals surface area contributed by atoms with Crippen LogP contribution in [-0.4, -0.2) is 0 Å². The maximum absolute atomic E-state index is 4.01. The number of nitrogens with one attached hydrogen (secondary N) is 1. The van der Waals surface area contributed by atoms with E-state index in [-0.39, 0.29) is 0 Å². The summed E-state index contributed by atoms with van der Waals surface area (Å²) in [6.07, 6.45) is 1.12. The van der Waals surface area contributed by atoms with Crippen LogP contribution >= 0.6 is 0 Å². The number of rotatable bonds is 0. The molecule has 0 radical (unpaired) electrons. The predicted molar refractivity (Wildman–Crippen MR) is 56.8 cm³/mol. The number of benzene rings is 1. The lowest BCUT2D eigenvalue weighted by Crippen LogP contribution is -2.18. The molecule has 0 spiro atoms. The quantitative estimate of drug-likeness (QED) is 0.635. The van der Waals surface area contributed by atoms with Crippen molar-refractivity contribution < 1.29 is 0 Å². The van der Waals surface area contributed by atoms with Gasteiger partial charge in [0, 0.05) is 11.4 Å². The van der Waals surface area contributed by atoms with Gasteiger partial charge in [-0.3, -0.25) is 0 Å². The lowest BCUT2D eigenvalue weighted by Gasteiger charge is -2.26. The Balaban J connectivity index is 2.48. The first kappa shape index (κ1) is 8.36. The van der Waals surface area contributed by atoms with Gasteiger partial charge in [-0.05, 0) is 36.5 Å². The molecular weight excluding hydrogens is 158 g/mol. The molecule has 1 aliphatic rings. The van der Waals surface area contributed by atoms with Gasteiger partial charge in [0.1, 0.15) is 0 Å². The van der Waals surface area contributed by atoms with Crippen molar-refractivity contribution in [2.75, 3.05) is 5.32 Å². The standard InChI is InChI=1S/C12H15N/c1-8-5-4-6-12-11(8)7-9(2)10(3)13-12/h4-6,9,13H,3,7H2,1-2H3. The van der Waals surface area contributed by atoms with Crippen LogP contribution in [0.1, 0.15) is 18.1 Å². The highest BCUT2D eigenvalue weighted by molar-refractivity contribution is 5.60. The molecule has 1 nitrogen and oxygen atoms in total. The minimum absolute atomic E-state index is 0.550. The molecular formula is C12H15N. The summed E-state index contributed by atoms with van der Waals surface area (Å²) in [4.78, 5) is 0. The molecule has 0 saturated carbocycles. The normalized spacial score (nSPS) is 20.8. The van der Waals surface area contributed by atoms with Crippen molar-refractivity contribution in [1.29, 1.82) is 0 Å². The van der Waals surface area contributed by atoms with Gasteiger partial charge in [0.15, 0.2) is 0 Å². The number of aryl methyl sites for hydroxylation is 1. The van der Waals surface area contributed by atoms with Crippen LogP contribution in [0.4, 0.5) is 5.69 Å². The second-order valence-electron chi connectivity index (χ2n) is 3.86. The molecule has 1 atom stereocenters. The Hall–Kier alpha value is -1.24. The molecule has 0 amide bonds.